The molecule has 0 aromatic heterocycles. The summed E-state index contributed by atoms with van der Waals surface area (Å²) in [4.78, 5) is 25.3. The molecule has 0 N–H and O–H groups in total. The summed E-state index contributed by atoms with van der Waals surface area (Å²) < 4.78 is 4.88. The Morgan fingerprint density at radius 3 is 2.45 bits per heavy atom. The number of esters is 1. The number of hydrogen-bond acceptors (Lipinski definition) is 3. The van der Waals surface area contributed by atoms with Crippen LogP contribution in [0, 0.1) is 0 Å². The van der Waals surface area contributed by atoms with E-state index in [-0.39, 0.29) is 12.5 Å². The molecule has 1 rings (SSSR count). The number of ether oxygens (including phenoxy) is 1. The van der Waals surface area contributed by atoms with Crippen LogP contribution in [-0.2, 0) is 14.3 Å². The van der Waals surface area contributed by atoms with Crippen LogP contribution < -0.4 is 0 Å². The minimum atomic E-state index is -0.780. The third-order valence-electron chi connectivity index (χ3n) is 2.74. The highest BCUT2D eigenvalue weighted by Gasteiger charge is 2.25. The quantitative estimate of drug-likeness (QED) is 0.574. The van der Waals surface area contributed by atoms with Gasteiger partial charge in [-0.3, -0.25) is 9.59 Å². The van der Waals surface area contributed by atoms with Crippen molar-refractivity contribution in [3.05, 3.63) is 35.9 Å². The fraction of sp³-hybridized carbons (Fsp3) is 0.467. The second-order valence-corrected chi connectivity index (χ2v) is 4.77. The Balaban J connectivity index is 2.75. The second-order valence-electron chi connectivity index (χ2n) is 4.34. The predicted molar refractivity (Wildman–Crippen MR) is 78.5 cm³/mol. The van der Waals surface area contributed by atoms with Crippen LogP contribution in [0.1, 0.15) is 31.2 Å². The van der Waals surface area contributed by atoms with E-state index >= 15 is 0 Å². The summed E-state index contributed by atoms with van der Waals surface area (Å²) in [6.45, 7) is 4.40. The van der Waals surface area contributed by atoms with Crippen LogP contribution in [0.4, 0.5) is 0 Å². The van der Waals surface area contributed by atoms with Gasteiger partial charge in [-0.1, -0.05) is 37.3 Å². The van der Waals surface area contributed by atoms with E-state index in [4.69, 9.17) is 16.3 Å². The number of benzene rings is 1. The molecule has 0 saturated heterocycles. The average Bonchev–Trinajstić information content (AvgIpc) is 2.46. The van der Waals surface area contributed by atoms with Crippen molar-refractivity contribution in [3.8, 4) is 0 Å². The smallest absolute Gasteiger partial charge is 0.325 e. The van der Waals surface area contributed by atoms with E-state index in [1.54, 1.807) is 19.1 Å². The number of alkyl halides is 1. The van der Waals surface area contributed by atoms with Crippen molar-refractivity contribution in [2.75, 3.05) is 19.7 Å². The van der Waals surface area contributed by atoms with E-state index in [1.165, 1.54) is 4.90 Å². The molecule has 0 spiro atoms. The molecule has 0 saturated carbocycles. The topological polar surface area (TPSA) is 46.6 Å². The van der Waals surface area contributed by atoms with Crippen LogP contribution in [-0.4, -0.2) is 36.5 Å². The van der Waals surface area contributed by atoms with Crippen molar-refractivity contribution in [2.24, 2.45) is 0 Å². The third kappa shape index (κ3) is 4.85. The van der Waals surface area contributed by atoms with E-state index in [1.807, 2.05) is 25.1 Å². The largest absolute Gasteiger partial charge is 0.465 e. The van der Waals surface area contributed by atoms with E-state index < -0.39 is 11.3 Å². The fourth-order valence-corrected chi connectivity index (χ4v) is 2.11. The summed E-state index contributed by atoms with van der Waals surface area (Å²) in [7, 11) is 0. The Morgan fingerprint density at radius 2 is 1.90 bits per heavy atom. The minimum absolute atomic E-state index is 0.0590. The van der Waals surface area contributed by atoms with Gasteiger partial charge in [0.25, 0.3) is 0 Å². The second kappa shape index (κ2) is 8.59. The van der Waals surface area contributed by atoms with Gasteiger partial charge in [0.15, 0.2) is 0 Å². The first-order chi connectivity index (χ1) is 9.60. The first-order valence-corrected chi connectivity index (χ1v) is 7.17. The van der Waals surface area contributed by atoms with Gasteiger partial charge in [-0.2, -0.15) is 0 Å². The molecule has 1 aromatic carbocycles. The Bertz CT molecular complexity index is 436. The molecule has 20 heavy (non-hydrogen) atoms. The summed E-state index contributed by atoms with van der Waals surface area (Å²) in [6, 6.07) is 9.11. The van der Waals surface area contributed by atoms with E-state index in [2.05, 4.69) is 0 Å². The minimum Gasteiger partial charge on any atom is -0.465 e. The predicted octanol–water partition coefficient (Wildman–Crippen LogP) is 2.77. The van der Waals surface area contributed by atoms with Gasteiger partial charge in [-0.25, -0.2) is 0 Å². The molecule has 0 heterocycles. The summed E-state index contributed by atoms with van der Waals surface area (Å²) in [5, 5.41) is -0.780. The van der Waals surface area contributed by atoms with Crippen LogP contribution in [0.2, 0.25) is 0 Å². The average molecular weight is 298 g/mol. The zero-order chi connectivity index (χ0) is 15.0. The van der Waals surface area contributed by atoms with Crippen LogP contribution in [0.15, 0.2) is 30.3 Å². The Morgan fingerprint density at radius 1 is 1.25 bits per heavy atom. The van der Waals surface area contributed by atoms with Gasteiger partial charge >= 0.3 is 5.97 Å². The Labute approximate surface area is 124 Å². The van der Waals surface area contributed by atoms with Crippen molar-refractivity contribution in [1.29, 1.82) is 0 Å². The van der Waals surface area contributed by atoms with Crippen LogP contribution in [0.25, 0.3) is 0 Å². The lowest BCUT2D eigenvalue weighted by Gasteiger charge is -2.23. The van der Waals surface area contributed by atoms with Gasteiger partial charge in [0.1, 0.15) is 11.9 Å². The van der Waals surface area contributed by atoms with E-state index in [0.717, 1.165) is 12.0 Å². The molecule has 110 valence electrons. The molecule has 0 aliphatic rings. The molecule has 0 bridgehead atoms. The lowest BCUT2D eigenvalue weighted by molar-refractivity contribution is -0.148. The summed E-state index contributed by atoms with van der Waals surface area (Å²) in [5.41, 5.74) is 0.726. The van der Waals surface area contributed by atoms with Gasteiger partial charge < -0.3 is 9.64 Å². The van der Waals surface area contributed by atoms with Crippen LogP contribution in [0.5, 0.6) is 0 Å². The van der Waals surface area contributed by atoms with E-state index in [9.17, 15) is 9.59 Å². The van der Waals surface area contributed by atoms with Crippen molar-refractivity contribution in [2.45, 2.75) is 25.6 Å². The van der Waals surface area contributed by atoms with Crippen molar-refractivity contribution < 1.29 is 14.3 Å². The number of rotatable bonds is 7. The number of amides is 1. The zero-order valence-electron chi connectivity index (χ0n) is 11.8. The maximum absolute atomic E-state index is 12.4. The highest BCUT2D eigenvalue weighted by Crippen LogP contribution is 2.22. The maximum Gasteiger partial charge on any atom is 0.325 e. The van der Waals surface area contributed by atoms with Gasteiger partial charge in [0, 0.05) is 6.54 Å². The van der Waals surface area contributed by atoms with Crippen LogP contribution in [0.3, 0.4) is 0 Å². The summed E-state index contributed by atoms with van der Waals surface area (Å²) >= 11 is 6.20. The van der Waals surface area contributed by atoms with Crippen LogP contribution >= 0.6 is 11.6 Å². The molecule has 1 amide bonds. The molecule has 5 heteroatoms. The molecule has 1 unspecified atom stereocenters. The molecular weight excluding hydrogens is 278 g/mol. The van der Waals surface area contributed by atoms with Gasteiger partial charge in [0.05, 0.1) is 6.61 Å². The summed E-state index contributed by atoms with van der Waals surface area (Å²) in [5.74, 6) is -0.681. The van der Waals surface area contributed by atoms with E-state index in [0.29, 0.717) is 13.2 Å². The third-order valence-corrected chi connectivity index (χ3v) is 3.18. The van der Waals surface area contributed by atoms with Gasteiger partial charge in [-0.15, -0.1) is 11.6 Å². The molecular formula is C15H20ClNO3. The molecule has 0 aliphatic heterocycles. The normalized spacial score (nSPS) is 11.8. The SMILES string of the molecule is CCCN(CC(=O)OCC)C(=O)C(Cl)c1ccccc1. The lowest BCUT2D eigenvalue weighted by atomic mass is 10.1. The highest BCUT2D eigenvalue weighted by molar-refractivity contribution is 6.30. The van der Waals surface area contributed by atoms with Crippen molar-refractivity contribution in [3.63, 3.8) is 0 Å². The Hall–Kier alpha value is -1.55. The first-order valence-electron chi connectivity index (χ1n) is 6.73. The number of carbonyl (C=O) groups excluding carboxylic acids is 2. The molecule has 0 aliphatic carbocycles. The zero-order valence-corrected chi connectivity index (χ0v) is 12.6. The Kier molecular flexibility index (Phi) is 7.09. The van der Waals surface area contributed by atoms with Crippen molar-refractivity contribution >= 4 is 23.5 Å². The number of carbonyl (C=O) groups is 2. The molecule has 4 nitrogen and oxygen atoms in total. The highest BCUT2D eigenvalue weighted by atomic mass is 35.5. The molecule has 1 aromatic rings. The lowest BCUT2D eigenvalue weighted by Crippen LogP contribution is -2.38. The molecule has 0 fully saturated rings. The fourth-order valence-electron chi connectivity index (χ4n) is 1.82. The number of hydrogen-bond donors (Lipinski definition) is 0. The summed E-state index contributed by atoms with van der Waals surface area (Å²) in [6.07, 6.45) is 0.754. The maximum atomic E-state index is 12.4. The monoisotopic (exact) mass is 297 g/mol. The molecule has 1 atom stereocenters. The number of halogens is 1. The first kappa shape index (κ1) is 16.5. The standard InChI is InChI=1S/C15H20ClNO3/c1-3-10-17(11-13(18)20-4-2)15(19)14(16)12-8-6-5-7-9-12/h5-9,14H,3-4,10-11H2,1-2H3. The molecule has 0 radical (unpaired) electrons. The van der Waals surface area contributed by atoms with Gasteiger partial charge in [0.2, 0.25) is 5.91 Å². The number of nitrogens with zero attached hydrogens (tertiary/aromatic N) is 1. The van der Waals surface area contributed by atoms with Gasteiger partial charge in [-0.05, 0) is 18.9 Å². The van der Waals surface area contributed by atoms with Crippen molar-refractivity contribution in [1.82, 2.24) is 4.90 Å².